The first-order valence-electron chi connectivity index (χ1n) is 5.96. The van der Waals surface area contributed by atoms with Crippen molar-refractivity contribution in [2.45, 2.75) is 58.1 Å². The quantitative estimate of drug-likeness (QED) is 0.791. The Bertz CT molecular complexity index is 238. The molecule has 1 N–H and O–H groups in total. The zero-order valence-electron chi connectivity index (χ0n) is 10.4. The van der Waals surface area contributed by atoms with Crippen molar-refractivity contribution in [1.82, 2.24) is 5.32 Å². The van der Waals surface area contributed by atoms with E-state index < -0.39 is 5.60 Å². The third-order valence-corrected chi connectivity index (χ3v) is 3.64. The van der Waals surface area contributed by atoms with Gasteiger partial charge in [-0.1, -0.05) is 22.4 Å². The largest absolute Gasteiger partial charge is 0.444 e. The Morgan fingerprint density at radius 1 is 1.44 bits per heavy atom. The van der Waals surface area contributed by atoms with Crippen LogP contribution in [-0.2, 0) is 4.74 Å². The Morgan fingerprint density at radius 2 is 2.12 bits per heavy atom. The number of carbonyl (C=O) groups excluding carboxylic acids is 1. The van der Waals surface area contributed by atoms with Crippen molar-refractivity contribution in [3.63, 3.8) is 0 Å². The highest BCUT2D eigenvalue weighted by molar-refractivity contribution is 9.09. The lowest BCUT2D eigenvalue weighted by molar-refractivity contribution is 0.0487. The first kappa shape index (κ1) is 13.8. The third-order valence-electron chi connectivity index (χ3n) is 2.72. The normalized spacial score (nSPS) is 26.2. The van der Waals surface area contributed by atoms with E-state index in [2.05, 4.69) is 21.2 Å². The summed E-state index contributed by atoms with van der Waals surface area (Å²) in [6.07, 6.45) is 4.30. The van der Waals surface area contributed by atoms with Crippen LogP contribution in [-0.4, -0.2) is 23.1 Å². The zero-order chi connectivity index (χ0) is 12.2. The summed E-state index contributed by atoms with van der Waals surface area (Å²) in [6, 6.07) is 0.283. The summed E-state index contributed by atoms with van der Waals surface area (Å²) in [6.45, 7) is 5.65. The fourth-order valence-corrected chi connectivity index (χ4v) is 2.62. The van der Waals surface area contributed by atoms with Crippen LogP contribution in [0.3, 0.4) is 0 Å². The number of nitrogens with one attached hydrogen (secondary N) is 1. The molecule has 1 rings (SSSR count). The van der Waals surface area contributed by atoms with Crippen LogP contribution in [0.5, 0.6) is 0 Å². The van der Waals surface area contributed by atoms with E-state index >= 15 is 0 Å². The molecule has 0 aromatic heterocycles. The molecule has 1 aliphatic carbocycles. The second-order valence-electron chi connectivity index (χ2n) is 5.53. The van der Waals surface area contributed by atoms with E-state index in [1.807, 2.05) is 20.8 Å². The number of halogens is 1. The zero-order valence-corrected chi connectivity index (χ0v) is 12.0. The number of amides is 1. The lowest BCUT2D eigenvalue weighted by atomic mass is 9.87. The standard InChI is InChI=1S/C12H22BrNO2/c1-12(2,3)16-11(15)14-10-6-4-5-9(7-10)8-13/h9-10H,4-8H2,1-3H3,(H,14,15)/t9-,10-/m1/s1. The second-order valence-corrected chi connectivity index (χ2v) is 6.18. The number of carbonyl (C=O) groups is 1. The number of hydrogen-bond donors (Lipinski definition) is 1. The molecule has 1 aliphatic rings. The summed E-state index contributed by atoms with van der Waals surface area (Å²) < 4.78 is 5.25. The maximum Gasteiger partial charge on any atom is 0.407 e. The minimum atomic E-state index is -0.409. The topological polar surface area (TPSA) is 38.3 Å². The highest BCUT2D eigenvalue weighted by atomic mass is 79.9. The average molecular weight is 292 g/mol. The van der Waals surface area contributed by atoms with Crippen molar-refractivity contribution in [3.8, 4) is 0 Å². The van der Waals surface area contributed by atoms with Crippen molar-refractivity contribution in [1.29, 1.82) is 0 Å². The number of ether oxygens (including phenoxy) is 1. The molecule has 94 valence electrons. The molecule has 0 unspecified atom stereocenters. The average Bonchev–Trinajstić information content (AvgIpc) is 2.15. The Morgan fingerprint density at radius 3 is 2.69 bits per heavy atom. The van der Waals surface area contributed by atoms with Crippen molar-refractivity contribution >= 4 is 22.0 Å². The molecule has 0 spiro atoms. The predicted octanol–water partition coefficient (Wildman–Crippen LogP) is 3.46. The first-order valence-corrected chi connectivity index (χ1v) is 7.08. The second kappa shape index (κ2) is 5.89. The number of hydrogen-bond acceptors (Lipinski definition) is 2. The van der Waals surface area contributed by atoms with Crippen molar-refractivity contribution in [2.75, 3.05) is 5.33 Å². The minimum absolute atomic E-state index is 0.283. The highest BCUT2D eigenvalue weighted by Gasteiger charge is 2.24. The molecule has 1 saturated carbocycles. The van der Waals surface area contributed by atoms with E-state index in [4.69, 9.17) is 4.74 Å². The third kappa shape index (κ3) is 5.19. The van der Waals surface area contributed by atoms with Gasteiger partial charge in [-0.05, 0) is 46.0 Å². The van der Waals surface area contributed by atoms with Crippen molar-refractivity contribution in [2.24, 2.45) is 5.92 Å². The maximum atomic E-state index is 11.6. The van der Waals surface area contributed by atoms with Crippen LogP contribution in [0.25, 0.3) is 0 Å². The van der Waals surface area contributed by atoms with Crippen LogP contribution < -0.4 is 5.32 Å². The van der Waals surface area contributed by atoms with Gasteiger partial charge in [-0.25, -0.2) is 4.79 Å². The molecule has 0 radical (unpaired) electrons. The molecule has 0 aromatic rings. The summed E-state index contributed by atoms with van der Waals surface area (Å²) in [5.41, 5.74) is -0.409. The summed E-state index contributed by atoms with van der Waals surface area (Å²) in [4.78, 5) is 11.6. The van der Waals surface area contributed by atoms with Crippen LogP contribution >= 0.6 is 15.9 Å². The highest BCUT2D eigenvalue weighted by Crippen LogP contribution is 2.25. The fraction of sp³-hybridized carbons (Fsp3) is 0.917. The van der Waals surface area contributed by atoms with Gasteiger partial charge in [-0.2, -0.15) is 0 Å². The minimum Gasteiger partial charge on any atom is -0.444 e. The van der Waals surface area contributed by atoms with E-state index in [0.717, 1.165) is 18.2 Å². The van der Waals surface area contributed by atoms with Gasteiger partial charge in [0.15, 0.2) is 0 Å². The van der Waals surface area contributed by atoms with Crippen molar-refractivity contribution < 1.29 is 9.53 Å². The molecule has 0 heterocycles. The summed E-state index contributed by atoms with van der Waals surface area (Å²) in [5, 5.41) is 3.98. The fourth-order valence-electron chi connectivity index (χ4n) is 2.04. The Balaban J connectivity index is 2.33. The van der Waals surface area contributed by atoms with E-state index in [9.17, 15) is 4.79 Å². The SMILES string of the molecule is CC(C)(C)OC(=O)N[C@@H]1CCC[C@@H](CBr)C1. The lowest BCUT2D eigenvalue weighted by Gasteiger charge is -2.29. The van der Waals surface area contributed by atoms with E-state index in [1.165, 1.54) is 12.8 Å². The predicted molar refractivity (Wildman–Crippen MR) is 68.9 cm³/mol. The van der Waals surface area contributed by atoms with Gasteiger partial charge in [-0.15, -0.1) is 0 Å². The molecule has 4 heteroatoms. The molecule has 0 aromatic carbocycles. The molecule has 0 bridgehead atoms. The Labute approximate surface area is 106 Å². The number of alkyl carbamates (subject to hydrolysis) is 1. The first-order chi connectivity index (χ1) is 7.40. The molecule has 0 saturated heterocycles. The molecule has 1 amide bonds. The Kier molecular flexibility index (Phi) is 5.09. The van der Waals surface area contributed by atoms with Gasteiger partial charge in [0.05, 0.1) is 0 Å². The molecule has 1 fully saturated rings. The summed E-state index contributed by atoms with van der Waals surface area (Å²) >= 11 is 3.51. The van der Waals surface area contributed by atoms with Gasteiger partial charge < -0.3 is 10.1 Å². The van der Waals surface area contributed by atoms with Gasteiger partial charge in [-0.3, -0.25) is 0 Å². The van der Waals surface area contributed by atoms with Gasteiger partial charge in [0.2, 0.25) is 0 Å². The Hall–Kier alpha value is -0.250. The van der Waals surface area contributed by atoms with Crippen LogP contribution in [0.1, 0.15) is 46.5 Å². The van der Waals surface area contributed by atoms with Gasteiger partial charge in [0, 0.05) is 11.4 Å². The van der Waals surface area contributed by atoms with E-state index in [1.54, 1.807) is 0 Å². The monoisotopic (exact) mass is 291 g/mol. The molecule has 16 heavy (non-hydrogen) atoms. The number of rotatable bonds is 2. The van der Waals surface area contributed by atoms with Crippen LogP contribution in [0, 0.1) is 5.92 Å². The molecule has 2 atom stereocenters. The van der Waals surface area contributed by atoms with Gasteiger partial charge in [0.25, 0.3) is 0 Å². The molecular formula is C12H22BrNO2. The molecule has 3 nitrogen and oxygen atoms in total. The molecular weight excluding hydrogens is 270 g/mol. The summed E-state index contributed by atoms with van der Waals surface area (Å²) in [7, 11) is 0. The summed E-state index contributed by atoms with van der Waals surface area (Å²) in [5.74, 6) is 0.689. The van der Waals surface area contributed by atoms with Gasteiger partial charge in [0.1, 0.15) is 5.60 Å². The van der Waals surface area contributed by atoms with Crippen LogP contribution in [0.2, 0.25) is 0 Å². The number of alkyl halides is 1. The maximum absolute atomic E-state index is 11.6. The van der Waals surface area contributed by atoms with Gasteiger partial charge >= 0.3 is 6.09 Å². The van der Waals surface area contributed by atoms with E-state index in [-0.39, 0.29) is 12.1 Å². The lowest BCUT2D eigenvalue weighted by Crippen LogP contribution is -2.41. The smallest absolute Gasteiger partial charge is 0.407 e. The van der Waals surface area contributed by atoms with Crippen molar-refractivity contribution in [3.05, 3.63) is 0 Å². The van der Waals surface area contributed by atoms with Crippen LogP contribution in [0.4, 0.5) is 4.79 Å². The molecule has 0 aliphatic heterocycles. The van der Waals surface area contributed by atoms with Crippen LogP contribution in [0.15, 0.2) is 0 Å². The van der Waals surface area contributed by atoms with E-state index in [0.29, 0.717) is 5.92 Å².